The second-order valence-corrected chi connectivity index (χ2v) is 15.2. The third-order valence-corrected chi connectivity index (χ3v) is 10.2. The van der Waals surface area contributed by atoms with E-state index in [0.29, 0.717) is 16.0 Å². The SMILES string of the molecule is Cc1ccc(S(=O)(=O)OC2=C(C(=O)OCc3ccc([N+](=O)[O-])cc3)N3C(=O)C(N(C(=O)OC(C)(C)C)C(=O)C(N)c4ccccc4)[C@@H]3SC2)cc1. The number of nitro groups is 1. The number of nitro benzene ring substituents is 1. The Labute approximate surface area is 297 Å². The number of amides is 3. The molecule has 2 heterocycles. The summed E-state index contributed by atoms with van der Waals surface area (Å²) in [4.78, 5) is 67.0. The van der Waals surface area contributed by atoms with Gasteiger partial charge in [-0.1, -0.05) is 48.0 Å². The second kappa shape index (κ2) is 14.5. The number of benzene rings is 3. The van der Waals surface area contributed by atoms with Gasteiger partial charge in [0, 0.05) is 12.1 Å². The number of non-ortho nitro benzene ring substituents is 1. The minimum absolute atomic E-state index is 0.190. The standard InChI is InChI=1S/C34H34N4O11S2/c1-20-10-16-24(17-11-20)51(45,46)49-25-19-50-31-28(37(33(42)48-34(2,3)4)29(39)26(35)22-8-6-5-7-9-22)30(40)36(31)27(25)32(41)47-18-21-12-14-23(15-13-21)38(43)44/h5-17,26,28,31H,18-19,35H2,1-4H3/t26?,28?,31-/m0/s1. The van der Waals surface area contributed by atoms with Crippen LogP contribution in [0.4, 0.5) is 10.5 Å². The van der Waals surface area contributed by atoms with Gasteiger partial charge in [0.05, 0.1) is 10.7 Å². The molecule has 3 atom stereocenters. The molecule has 1 fully saturated rings. The molecule has 17 heteroatoms. The molecule has 2 unspecified atom stereocenters. The summed E-state index contributed by atoms with van der Waals surface area (Å²) in [6, 6.07) is 16.2. The van der Waals surface area contributed by atoms with Gasteiger partial charge in [-0.3, -0.25) is 24.6 Å². The number of nitrogens with zero attached hydrogens (tertiary/aromatic N) is 3. The number of carbonyl (C=O) groups excluding carboxylic acids is 4. The highest BCUT2D eigenvalue weighted by atomic mass is 32.2. The first kappa shape index (κ1) is 37.0. The van der Waals surface area contributed by atoms with Gasteiger partial charge >= 0.3 is 22.2 Å². The monoisotopic (exact) mass is 738 g/mol. The lowest BCUT2D eigenvalue weighted by Gasteiger charge is -2.51. The summed E-state index contributed by atoms with van der Waals surface area (Å²) in [5.41, 5.74) is 5.98. The molecule has 1 saturated heterocycles. The molecule has 3 amide bonds. The van der Waals surface area contributed by atoms with Crippen molar-refractivity contribution in [1.29, 1.82) is 0 Å². The third-order valence-electron chi connectivity index (χ3n) is 7.67. The van der Waals surface area contributed by atoms with Crippen molar-refractivity contribution in [2.24, 2.45) is 5.73 Å². The molecule has 15 nitrogen and oxygen atoms in total. The van der Waals surface area contributed by atoms with Crippen molar-refractivity contribution >= 4 is 51.4 Å². The molecule has 268 valence electrons. The maximum Gasteiger partial charge on any atom is 0.417 e. The van der Waals surface area contributed by atoms with Crippen LogP contribution in [-0.2, 0) is 44.8 Å². The van der Waals surface area contributed by atoms with Crippen LogP contribution in [-0.4, -0.2) is 69.8 Å². The van der Waals surface area contributed by atoms with Crippen LogP contribution >= 0.6 is 11.8 Å². The van der Waals surface area contributed by atoms with Crippen molar-refractivity contribution in [2.45, 2.75) is 62.3 Å². The lowest BCUT2D eigenvalue weighted by molar-refractivity contribution is -0.384. The van der Waals surface area contributed by atoms with E-state index in [0.717, 1.165) is 22.2 Å². The fourth-order valence-corrected chi connectivity index (χ4v) is 7.49. The van der Waals surface area contributed by atoms with E-state index in [1.54, 1.807) is 70.2 Å². The van der Waals surface area contributed by atoms with Crippen molar-refractivity contribution in [3.8, 4) is 0 Å². The molecule has 0 spiro atoms. The molecule has 3 aromatic rings. The zero-order valence-corrected chi connectivity index (χ0v) is 29.5. The fraction of sp³-hybridized carbons (Fsp3) is 0.294. The number of rotatable bonds is 10. The van der Waals surface area contributed by atoms with E-state index >= 15 is 0 Å². The maximum absolute atomic E-state index is 14.0. The third kappa shape index (κ3) is 8.05. The Morgan fingerprint density at radius 3 is 2.25 bits per heavy atom. The Hall–Kier alpha value is -5.26. The van der Waals surface area contributed by atoms with Gasteiger partial charge in [-0.15, -0.1) is 11.8 Å². The smallest absolute Gasteiger partial charge is 0.417 e. The number of hydrogen-bond acceptors (Lipinski definition) is 13. The summed E-state index contributed by atoms with van der Waals surface area (Å²) >= 11 is 0.944. The molecule has 2 aliphatic rings. The first-order chi connectivity index (χ1) is 24.0. The van der Waals surface area contributed by atoms with Crippen LogP contribution in [0.15, 0.2) is 95.2 Å². The molecule has 0 saturated carbocycles. The summed E-state index contributed by atoms with van der Waals surface area (Å²) in [6.07, 6.45) is -1.15. The van der Waals surface area contributed by atoms with Gasteiger partial charge in [-0.2, -0.15) is 8.42 Å². The first-order valence-corrected chi connectivity index (χ1v) is 17.9. The molecule has 5 rings (SSSR count). The van der Waals surface area contributed by atoms with Crippen molar-refractivity contribution in [3.05, 3.63) is 117 Å². The van der Waals surface area contributed by atoms with Crippen LogP contribution < -0.4 is 5.73 Å². The molecule has 0 radical (unpaired) electrons. The van der Waals surface area contributed by atoms with Gasteiger partial charge < -0.3 is 19.4 Å². The molecule has 0 aliphatic carbocycles. The second-order valence-electron chi connectivity index (χ2n) is 12.6. The van der Waals surface area contributed by atoms with Crippen LogP contribution in [0.5, 0.6) is 0 Å². The topological polar surface area (TPSA) is 206 Å². The van der Waals surface area contributed by atoms with Crippen LogP contribution in [0.25, 0.3) is 0 Å². The molecule has 0 aromatic heterocycles. The highest BCUT2D eigenvalue weighted by Crippen LogP contribution is 2.44. The average molecular weight is 739 g/mol. The van der Waals surface area contributed by atoms with Crippen LogP contribution in [0.2, 0.25) is 0 Å². The van der Waals surface area contributed by atoms with E-state index in [1.165, 1.54) is 36.4 Å². The Bertz CT molecular complexity index is 2000. The fourth-order valence-electron chi connectivity index (χ4n) is 5.15. The number of aryl methyl sites for hydroxylation is 1. The molecular weight excluding hydrogens is 705 g/mol. The largest absolute Gasteiger partial charge is 0.456 e. The summed E-state index contributed by atoms with van der Waals surface area (Å²) in [7, 11) is -4.51. The van der Waals surface area contributed by atoms with Gasteiger partial charge in [0.2, 0.25) is 0 Å². The van der Waals surface area contributed by atoms with E-state index in [2.05, 4.69) is 0 Å². The van der Waals surface area contributed by atoms with Gasteiger partial charge in [0.1, 0.15) is 28.5 Å². The predicted molar refractivity (Wildman–Crippen MR) is 183 cm³/mol. The predicted octanol–water partition coefficient (Wildman–Crippen LogP) is 4.31. The first-order valence-electron chi connectivity index (χ1n) is 15.4. The molecule has 51 heavy (non-hydrogen) atoms. The molecule has 3 aromatic carbocycles. The van der Waals surface area contributed by atoms with E-state index < -0.39 is 80.0 Å². The van der Waals surface area contributed by atoms with Gasteiger partial charge in [0.25, 0.3) is 17.5 Å². The number of fused-ring (bicyclic) bond motifs is 1. The minimum atomic E-state index is -4.51. The highest BCUT2D eigenvalue weighted by molar-refractivity contribution is 8.00. The van der Waals surface area contributed by atoms with Gasteiger partial charge in [-0.05, 0) is 63.1 Å². The number of thioether (sulfide) groups is 1. The van der Waals surface area contributed by atoms with E-state index in [4.69, 9.17) is 19.4 Å². The summed E-state index contributed by atoms with van der Waals surface area (Å²) in [6.45, 7) is 6.09. The normalized spacial score (nSPS) is 17.8. The number of esters is 1. The van der Waals surface area contributed by atoms with Gasteiger partial charge in [-0.25, -0.2) is 14.5 Å². The van der Waals surface area contributed by atoms with E-state index in [-0.39, 0.29) is 16.3 Å². The quantitative estimate of drug-likeness (QED) is 0.101. The lowest BCUT2D eigenvalue weighted by Crippen LogP contribution is -2.73. The minimum Gasteiger partial charge on any atom is -0.456 e. The lowest BCUT2D eigenvalue weighted by atomic mass is 10.00. The highest BCUT2D eigenvalue weighted by Gasteiger charge is 2.60. The van der Waals surface area contributed by atoms with Crippen LogP contribution in [0, 0.1) is 17.0 Å². The summed E-state index contributed by atoms with van der Waals surface area (Å²) in [5, 5.41) is 9.96. The number of imide groups is 1. The van der Waals surface area contributed by atoms with Crippen molar-refractivity contribution < 1.29 is 46.2 Å². The molecule has 2 N–H and O–H groups in total. The number of hydrogen-bond donors (Lipinski definition) is 1. The molecule has 0 bridgehead atoms. The zero-order chi connectivity index (χ0) is 37.2. The summed E-state index contributed by atoms with van der Waals surface area (Å²) < 4.78 is 43.1. The Morgan fingerprint density at radius 1 is 1.04 bits per heavy atom. The number of β-lactam (4-membered cyclic amide) rings is 1. The number of nitrogens with two attached hydrogens (primary N) is 1. The Balaban J connectivity index is 1.50. The number of carbonyl (C=O) groups is 4. The van der Waals surface area contributed by atoms with Gasteiger partial charge in [0.15, 0.2) is 17.5 Å². The van der Waals surface area contributed by atoms with Crippen molar-refractivity contribution in [2.75, 3.05) is 5.75 Å². The van der Waals surface area contributed by atoms with Crippen LogP contribution in [0.3, 0.4) is 0 Å². The van der Waals surface area contributed by atoms with Crippen molar-refractivity contribution in [1.82, 2.24) is 9.80 Å². The Morgan fingerprint density at radius 2 is 1.67 bits per heavy atom. The number of ether oxygens (including phenoxy) is 2. The zero-order valence-electron chi connectivity index (χ0n) is 27.9. The average Bonchev–Trinajstić information content (AvgIpc) is 3.08. The summed E-state index contributed by atoms with van der Waals surface area (Å²) in [5.74, 6) is -3.74. The van der Waals surface area contributed by atoms with E-state index in [9.17, 15) is 37.7 Å². The van der Waals surface area contributed by atoms with Crippen LogP contribution in [0.1, 0.15) is 43.5 Å². The molecular formula is C34H34N4O11S2. The van der Waals surface area contributed by atoms with Crippen molar-refractivity contribution in [3.63, 3.8) is 0 Å². The Kier molecular flexibility index (Phi) is 10.5. The maximum atomic E-state index is 14.0. The molecule has 2 aliphatic heterocycles. The van der Waals surface area contributed by atoms with E-state index in [1.807, 2.05) is 0 Å².